The van der Waals surface area contributed by atoms with Gasteiger partial charge in [0.2, 0.25) is 0 Å². The van der Waals surface area contributed by atoms with Crippen molar-refractivity contribution in [3.05, 3.63) is 106 Å². The maximum absolute atomic E-state index is 13.3. The zero-order valence-electron chi connectivity index (χ0n) is 13.4. The predicted octanol–water partition coefficient (Wildman–Crippen LogP) is 4.92. The number of carbonyl (C=O) groups excluding carboxylic acids is 1. The summed E-state index contributed by atoms with van der Waals surface area (Å²) in [5.41, 5.74) is 4.10. The van der Waals surface area contributed by atoms with Gasteiger partial charge in [-0.15, -0.1) is 6.42 Å². The van der Waals surface area contributed by atoms with Crippen molar-refractivity contribution >= 4 is 5.78 Å². The summed E-state index contributed by atoms with van der Waals surface area (Å²) in [5.74, 6) is 2.18. The van der Waals surface area contributed by atoms with Gasteiger partial charge in [0.05, 0.1) is 5.92 Å². The molecule has 1 nitrogen and oxygen atoms in total. The first-order valence-electron chi connectivity index (χ1n) is 8.15. The Bertz CT molecular complexity index is 946. The number of rotatable bonds is 2. The molecule has 0 heterocycles. The van der Waals surface area contributed by atoms with Gasteiger partial charge in [0, 0.05) is 17.0 Å². The van der Waals surface area contributed by atoms with Gasteiger partial charge in [-0.3, -0.25) is 4.79 Å². The molecule has 120 valence electrons. The second kappa shape index (κ2) is 6.03. The number of hydrogen-bond donors (Lipinski definition) is 0. The number of hydrogen-bond acceptors (Lipinski definition) is 1. The van der Waals surface area contributed by atoms with E-state index >= 15 is 0 Å². The Hall–Kier alpha value is -3.18. The van der Waals surface area contributed by atoms with Crippen molar-refractivity contribution in [2.24, 2.45) is 0 Å². The lowest BCUT2D eigenvalue weighted by Crippen LogP contribution is -2.23. The number of ketones is 1. The van der Waals surface area contributed by atoms with Crippen molar-refractivity contribution in [3.63, 3.8) is 0 Å². The fourth-order valence-corrected chi connectivity index (χ4v) is 3.68. The molecule has 0 fully saturated rings. The molecule has 1 unspecified atom stereocenters. The van der Waals surface area contributed by atoms with Crippen molar-refractivity contribution in [2.45, 2.75) is 11.8 Å². The molecule has 0 saturated heterocycles. The third-order valence-electron chi connectivity index (χ3n) is 4.82. The van der Waals surface area contributed by atoms with Crippen LogP contribution in [0, 0.1) is 18.2 Å². The zero-order chi connectivity index (χ0) is 17.4. The Morgan fingerprint density at radius 1 is 0.840 bits per heavy atom. The summed E-state index contributed by atoms with van der Waals surface area (Å²) in [7, 11) is 0. The van der Waals surface area contributed by atoms with Crippen LogP contribution in [0.15, 0.2) is 72.8 Å². The van der Waals surface area contributed by atoms with Gasteiger partial charge in [-0.1, -0.05) is 66.6 Å². The molecular formula is C23H15FO. The lowest BCUT2D eigenvalue weighted by atomic mass is 9.70. The minimum Gasteiger partial charge on any atom is -0.289 e. The van der Waals surface area contributed by atoms with E-state index in [2.05, 4.69) is 5.92 Å². The average molecular weight is 326 g/mol. The van der Waals surface area contributed by atoms with Gasteiger partial charge >= 0.3 is 0 Å². The molecule has 25 heavy (non-hydrogen) atoms. The van der Waals surface area contributed by atoms with Crippen LogP contribution >= 0.6 is 0 Å². The summed E-state index contributed by atoms with van der Waals surface area (Å²) in [4.78, 5) is 12.8. The van der Waals surface area contributed by atoms with E-state index in [1.807, 2.05) is 48.5 Å². The fraction of sp³-hybridized carbons (Fsp3) is 0.0870. The molecule has 1 aliphatic carbocycles. The number of carbonyl (C=O) groups is 1. The Morgan fingerprint density at radius 2 is 1.36 bits per heavy atom. The topological polar surface area (TPSA) is 17.1 Å². The maximum atomic E-state index is 13.3. The smallest absolute Gasteiger partial charge is 0.193 e. The Morgan fingerprint density at radius 3 is 1.88 bits per heavy atom. The lowest BCUT2D eigenvalue weighted by molar-refractivity contribution is 0.103. The van der Waals surface area contributed by atoms with E-state index in [1.165, 1.54) is 12.1 Å². The summed E-state index contributed by atoms with van der Waals surface area (Å²) in [6.07, 6.45) is 5.89. The van der Waals surface area contributed by atoms with Crippen molar-refractivity contribution in [1.82, 2.24) is 0 Å². The highest BCUT2D eigenvalue weighted by Gasteiger charge is 2.35. The van der Waals surface area contributed by atoms with Crippen LogP contribution in [-0.4, -0.2) is 5.78 Å². The van der Waals surface area contributed by atoms with Gasteiger partial charge in [-0.05, 0) is 28.8 Å². The van der Waals surface area contributed by atoms with Gasteiger partial charge in [-0.25, -0.2) is 4.39 Å². The number of benzene rings is 3. The normalized spacial score (nSPS) is 14.3. The first-order valence-corrected chi connectivity index (χ1v) is 8.15. The summed E-state index contributed by atoms with van der Waals surface area (Å²) in [5, 5.41) is 0. The summed E-state index contributed by atoms with van der Waals surface area (Å²) in [6, 6.07) is 21.5. The summed E-state index contributed by atoms with van der Waals surface area (Å²) >= 11 is 0. The minimum absolute atomic E-state index is 0.0253. The second-order valence-corrected chi connectivity index (χ2v) is 6.18. The molecule has 0 aromatic heterocycles. The van der Waals surface area contributed by atoms with Crippen LogP contribution in [0.2, 0.25) is 0 Å². The van der Waals surface area contributed by atoms with Gasteiger partial charge in [0.25, 0.3) is 0 Å². The van der Waals surface area contributed by atoms with Gasteiger partial charge in [0.1, 0.15) is 5.82 Å². The molecule has 0 saturated carbocycles. The quantitative estimate of drug-likeness (QED) is 0.611. The molecule has 0 N–H and O–H groups in total. The molecule has 1 atom stereocenters. The summed E-state index contributed by atoms with van der Waals surface area (Å²) in [6.45, 7) is 0. The maximum Gasteiger partial charge on any atom is 0.193 e. The average Bonchev–Trinajstić information content (AvgIpc) is 2.66. The Balaban J connectivity index is 1.95. The lowest BCUT2D eigenvalue weighted by Gasteiger charge is -2.31. The molecular weight excluding hydrogens is 311 g/mol. The molecule has 0 radical (unpaired) electrons. The molecule has 1 aliphatic rings. The molecule has 3 aromatic carbocycles. The summed E-state index contributed by atoms with van der Waals surface area (Å²) < 4.78 is 13.3. The molecule has 0 spiro atoms. The van der Waals surface area contributed by atoms with Crippen molar-refractivity contribution in [2.75, 3.05) is 0 Å². The second-order valence-electron chi connectivity index (χ2n) is 6.18. The van der Waals surface area contributed by atoms with E-state index in [0.717, 1.165) is 16.7 Å². The Kier molecular flexibility index (Phi) is 3.71. The molecule has 4 rings (SSSR count). The highest BCUT2D eigenvalue weighted by Crippen LogP contribution is 2.44. The molecule has 3 aromatic rings. The third-order valence-corrected chi connectivity index (χ3v) is 4.82. The van der Waals surface area contributed by atoms with Crippen LogP contribution in [0.1, 0.15) is 44.4 Å². The largest absolute Gasteiger partial charge is 0.289 e. The SMILES string of the molecule is C#CC(c1ccc(F)cc1)C1c2ccccc2C(=O)c2ccccc21. The fourth-order valence-electron chi connectivity index (χ4n) is 3.68. The van der Waals surface area contributed by atoms with E-state index in [-0.39, 0.29) is 23.4 Å². The highest BCUT2D eigenvalue weighted by atomic mass is 19.1. The van der Waals surface area contributed by atoms with Crippen LogP contribution in [0.25, 0.3) is 0 Å². The van der Waals surface area contributed by atoms with Crippen LogP contribution < -0.4 is 0 Å². The van der Waals surface area contributed by atoms with Crippen LogP contribution in [0.4, 0.5) is 4.39 Å². The predicted molar refractivity (Wildman–Crippen MR) is 96.1 cm³/mol. The van der Waals surface area contributed by atoms with Crippen LogP contribution in [0.5, 0.6) is 0 Å². The van der Waals surface area contributed by atoms with E-state index in [9.17, 15) is 9.18 Å². The van der Waals surface area contributed by atoms with Crippen molar-refractivity contribution in [1.29, 1.82) is 0 Å². The molecule has 0 amide bonds. The van der Waals surface area contributed by atoms with Gasteiger partial charge in [-0.2, -0.15) is 0 Å². The third kappa shape index (κ3) is 2.45. The van der Waals surface area contributed by atoms with Crippen molar-refractivity contribution < 1.29 is 9.18 Å². The first-order chi connectivity index (χ1) is 12.2. The van der Waals surface area contributed by atoms with Crippen LogP contribution in [-0.2, 0) is 0 Å². The zero-order valence-corrected chi connectivity index (χ0v) is 13.4. The standard InChI is InChI=1S/C23H15FO/c1-2-17(15-11-13-16(24)14-12-15)22-18-7-3-5-9-20(18)23(25)21-10-6-4-8-19(21)22/h1,3-14,17,22H. The minimum atomic E-state index is -0.292. The molecule has 2 heteroatoms. The number of fused-ring (bicyclic) bond motifs is 2. The molecule has 0 aliphatic heterocycles. The van der Waals surface area contributed by atoms with Crippen molar-refractivity contribution in [3.8, 4) is 12.3 Å². The highest BCUT2D eigenvalue weighted by molar-refractivity contribution is 6.12. The van der Waals surface area contributed by atoms with E-state index in [0.29, 0.717) is 11.1 Å². The van der Waals surface area contributed by atoms with E-state index in [1.54, 1.807) is 12.1 Å². The van der Waals surface area contributed by atoms with Crippen LogP contribution in [0.3, 0.4) is 0 Å². The Labute approximate surface area is 146 Å². The monoisotopic (exact) mass is 326 g/mol. The number of halogens is 1. The van der Waals surface area contributed by atoms with Gasteiger partial charge in [0.15, 0.2) is 5.78 Å². The van der Waals surface area contributed by atoms with E-state index in [4.69, 9.17) is 6.42 Å². The number of terminal acetylenes is 1. The molecule has 0 bridgehead atoms. The van der Waals surface area contributed by atoms with E-state index < -0.39 is 0 Å². The first kappa shape index (κ1) is 15.4. The van der Waals surface area contributed by atoms with Gasteiger partial charge < -0.3 is 0 Å².